The number of amides is 1. The van der Waals surface area contributed by atoms with Crippen molar-refractivity contribution in [2.45, 2.75) is 6.54 Å². The molecule has 114 valence electrons. The van der Waals surface area contributed by atoms with Gasteiger partial charge in [0, 0.05) is 6.07 Å². The lowest BCUT2D eigenvalue weighted by molar-refractivity contribution is -0.134. The predicted octanol–water partition coefficient (Wildman–Crippen LogP) is 2.02. The molecule has 1 amide bonds. The molecular formula is C14H12N2O5S. The van der Waals surface area contributed by atoms with E-state index >= 15 is 0 Å². The lowest BCUT2D eigenvalue weighted by Gasteiger charge is -2.14. The Hall–Kier alpha value is -2.48. The fourth-order valence-corrected chi connectivity index (χ4v) is 2.87. The van der Waals surface area contributed by atoms with Crippen molar-refractivity contribution in [3.63, 3.8) is 0 Å². The molecule has 1 aliphatic rings. The van der Waals surface area contributed by atoms with E-state index in [0.29, 0.717) is 22.2 Å². The first kappa shape index (κ1) is 14.5. The van der Waals surface area contributed by atoms with Gasteiger partial charge in [-0.05, 0) is 12.1 Å². The van der Waals surface area contributed by atoms with Gasteiger partial charge in [0.05, 0.1) is 36.8 Å². The third kappa shape index (κ3) is 2.91. The summed E-state index contributed by atoms with van der Waals surface area (Å²) in [6.07, 6.45) is 2.83. The summed E-state index contributed by atoms with van der Waals surface area (Å²) in [6.45, 7) is 0.221. The van der Waals surface area contributed by atoms with Crippen LogP contribution in [0.1, 0.15) is 5.69 Å². The van der Waals surface area contributed by atoms with Gasteiger partial charge in [-0.3, -0.25) is 9.69 Å². The monoisotopic (exact) mass is 320 g/mol. The van der Waals surface area contributed by atoms with Gasteiger partial charge in [-0.1, -0.05) is 16.9 Å². The van der Waals surface area contributed by atoms with Gasteiger partial charge in [-0.15, -0.1) is 0 Å². The Bertz CT molecular complexity index is 719. The van der Waals surface area contributed by atoms with E-state index in [1.54, 1.807) is 18.2 Å². The number of furan rings is 1. The number of carbonyl (C=O) groups is 2. The molecular weight excluding hydrogens is 308 g/mol. The maximum absolute atomic E-state index is 11.9. The van der Waals surface area contributed by atoms with E-state index in [-0.39, 0.29) is 18.2 Å². The van der Waals surface area contributed by atoms with Crippen LogP contribution in [0.5, 0.6) is 0 Å². The highest BCUT2D eigenvalue weighted by molar-refractivity contribution is 8.04. The zero-order chi connectivity index (χ0) is 15.5. The minimum atomic E-state index is -0.501. The van der Waals surface area contributed by atoms with Crippen molar-refractivity contribution in [1.82, 2.24) is 10.1 Å². The molecule has 0 aliphatic carbocycles. The third-order valence-electron chi connectivity index (χ3n) is 3.00. The topological polar surface area (TPSA) is 85.8 Å². The van der Waals surface area contributed by atoms with Crippen LogP contribution < -0.4 is 0 Å². The van der Waals surface area contributed by atoms with Crippen LogP contribution in [-0.2, 0) is 20.9 Å². The first-order chi connectivity index (χ1) is 10.7. The van der Waals surface area contributed by atoms with Crippen molar-refractivity contribution in [3.05, 3.63) is 41.3 Å². The molecule has 8 heteroatoms. The zero-order valence-electron chi connectivity index (χ0n) is 11.6. The van der Waals surface area contributed by atoms with Crippen LogP contribution in [0.25, 0.3) is 11.5 Å². The highest BCUT2D eigenvalue weighted by Crippen LogP contribution is 2.31. The van der Waals surface area contributed by atoms with Crippen LogP contribution in [0.3, 0.4) is 0 Å². The van der Waals surface area contributed by atoms with Gasteiger partial charge in [0.15, 0.2) is 5.76 Å². The lowest BCUT2D eigenvalue weighted by Crippen LogP contribution is -2.24. The van der Waals surface area contributed by atoms with E-state index < -0.39 is 5.97 Å². The Labute approximate surface area is 129 Å². The molecule has 0 aromatic carbocycles. The van der Waals surface area contributed by atoms with Gasteiger partial charge in [0.1, 0.15) is 5.69 Å². The molecule has 0 unspecified atom stereocenters. The summed E-state index contributed by atoms with van der Waals surface area (Å²) in [5.41, 5.74) is 0.568. The van der Waals surface area contributed by atoms with Crippen LogP contribution in [-0.4, -0.2) is 34.8 Å². The minimum absolute atomic E-state index is 0.0947. The van der Waals surface area contributed by atoms with Crippen molar-refractivity contribution < 1.29 is 23.3 Å². The van der Waals surface area contributed by atoms with Gasteiger partial charge >= 0.3 is 5.97 Å². The highest BCUT2D eigenvalue weighted by Gasteiger charge is 2.28. The maximum atomic E-state index is 11.9. The Morgan fingerprint density at radius 3 is 3.14 bits per heavy atom. The Morgan fingerprint density at radius 1 is 1.55 bits per heavy atom. The smallest absolute Gasteiger partial charge is 0.333 e. The van der Waals surface area contributed by atoms with Crippen molar-refractivity contribution in [2.75, 3.05) is 12.9 Å². The summed E-state index contributed by atoms with van der Waals surface area (Å²) in [5, 5.41) is 4.46. The van der Waals surface area contributed by atoms with Gasteiger partial charge < -0.3 is 13.7 Å². The Morgan fingerprint density at radius 2 is 2.41 bits per heavy atom. The number of aromatic nitrogens is 1. The van der Waals surface area contributed by atoms with Crippen LogP contribution in [0.15, 0.2) is 44.5 Å². The molecule has 0 spiro atoms. The normalized spacial score (nSPS) is 16.5. The van der Waals surface area contributed by atoms with Crippen LogP contribution >= 0.6 is 11.8 Å². The molecule has 2 aromatic rings. The fourth-order valence-electron chi connectivity index (χ4n) is 1.94. The molecule has 0 bridgehead atoms. The number of carbonyl (C=O) groups excluding carboxylic acids is 2. The number of hydrogen-bond acceptors (Lipinski definition) is 7. The van der Waals surface area contributed by atoms with Crippen LogP contribution in [0.4, 0.5) is 0 Å². The molecule has 1 saturated heterocycles. The van der Waals surface area contributed by atoms with Crippen molar-refractivity contribution in [1.29, 1.82) is 0 Å². The molecule has 2 aromatic heterocycles. The molecule has 3 heterocycles. The SMILES string of the molecule is COC(=O)C=C1SCC(=O)N1Cc1cc(-c2ccco2)on1. The molecule has 3 rings (SSSR count). The van der Waals surface area contributed by atoms with Gasteiger partial charge in [-0.25, -0.2) is 4.79 Å². The third-order valence-corrected chi connectivity index (χ3v) is 4.02. The Balaban J connectivity index is 1.78. The minimum Gasteiger partial charge on any atom is -0.466 e. The zero-order valence-corrected chi connectivity index (χ0v) is 12.5. The molecule has 0 atom stereocenters. The largest absolute Gasteiger partial charge is 0.466 e. The lowest BCUT2D eigenvalue weighted by atomic mass is 10.3. The second-order valence-corrected chi connectivity index (χ2v) is 5.43. The Kier molecular flexibility index (Phi) is 4.01. The average Bonchev–Trinajstić information content (AvgIpc) is 3.23. The molecule has 7 nitrogen and oxygen atoms in total. The molecule has 22 heavy (non-hydrogen) atoms. The van der Waals surface area contributed by atoms with Crippen LogP contribution in [0.2, 0.25) is 0 Å². The van der Waals surface area contributed by atoms with E-state index in [9.17, 15) is 9.59 Å². The molecule has 0 radical (unpaired) electrons. The van der Waals surface area contributed by atoms with Gasteiger partial charge in [-0.2, -0.15) is 0 Å². The van der Waals surface area contributed by atoms with E-state index in [1.807, 2.05) is 0 Å². The number of hydrogen-bond donors (Lipinski definition) is 0. The number of ether oxygens (including phenoxy) is 1. The summed E-state index contributed by atoms with van der Waals surface area (Å²) in [6, 6.07) is 5.20. The maximum Gasteiger partial charge on any atom is 0.333 e. The van der Waals surface area contributed by atoms with Crippen molar-refractivity contribution in [2.24, 2.45) is 0 Å². The number of methoxy groups -OCH3 is 1. The molecule has 1 aliphatic heterocycles. The number of thioether (sulfide) groups is 1. The van der Waals surface area contributed by atoms with E-state index in [1.165, 1.54) is 36.1 Å². The predicted molar refractivity (Wildman–Crippen MR) is 77.3 cm³/mol. The summed E-state index contributed by atoms with van der Waals surface area (Å²) >= 11 is 1.29. The molecule has 0 N–H and O–H groups in total. The standard InChI is InChI=1S/C14H12N2O5S/c1-19-14(18)6-13-16(12(17)8-22-13)7-9-5-11(21-15-9)10-3-2-4-20-10/h2-6H,7-8H2,1H3. The number of esters is 1. The van der Waals surface area contributed by atoms with E-state index in [2.05, 4.69) is 9.89 Å². The van der Waals surface area contributed by atoms with Crippen LogP contribution in [0, 0.1) is 0 Å². The molecule has 0 saturated carbocycles. The first-order valence-electron chi connectivity index (χ1n) is 6.39. The first-order valence-corrected chi connectivity index (χ1v) is 7.38. The molecule has 1 fully saturated rings. The summed E-state index contributed by atoms with van der Waals surface area (Å²) in [4.78, 5) is 24.7. The summed E-state index contributed by atoms with van der Waals surface area (Å²) < 4.78 is 15.0. The van der Waals surface area contributed by atoms with E-state index in [0.717, 1.165) is 0 Å². The number of nitrogens with zero attached hydrogens (tertiary/aromatic N) is 2. The highest BCUT2D eigenvalue weighted by atomic mass is 32.2. The van der Waals surface area contributed by atoms with Crippen molar-refractivity contribution in [3.8, 4) is 11.5 Å². The second kappa shape index (κ2) is 6.10. The summed E-state index contributed by atoms with van der Waals surface area (Å²) in [7, 11) is 1.29. The van der Waals surface area contributed by atoms with Crippen molar-refractivity contribution >= 4 is 23.6 Å². The van der Waals surface area contributed by atoms with Gasteiger partial charge in [0.2, 0.25) is 11.7 Å². The summed E-state index contributed by atoms with van der Waals surface area (Å²) in [5.74, 6) is 0.733. The van der Waals surface area contributed by atoms with E-state index in [4.69, 9.17) is 8.94 Å². The average molecular weight is 320 g/mol. The second-order valence-electron chi connectivity index (χ2n) is 4.43. The fraction of sp³-hybridized carbons (Fsp3) is 0.214. The quantitative estimate of drug-likeness (QED) is 0.629. The number of rotatable bonds is 4. The van der Waals surface area contributed by atoms with Gasteiger partial charge in [0.25, 0.3) is 0 Å².